The van der Waals surface area contributed by atoms with Crippen molar-refractivity contribution in [3.63, 3.8) is 0 Å². The van der Waals surface area contributed by atoms with Gasteiger partial charge < -0.3 is 9.80 Å². The van der Waals surface area contributed by atoms with Crippen molar-refractivity contribution in [3.8, 4) is 0 Å². The van der Waals surface area contributed by atoms with Crippen molar-refractivity contribution in [3.05, 3.63) is 71.0 Å². The van der Waals surface area contributed by atoms with E-state index in [0.717, 1.165) is 12.1 Å². The summed E-state index contributed by atoms with van der Waals surface area (Å²) >= 11 is 1.61. The quantitative estimate of drug-likeness (QED) is 0.622. The molecule has 2 aromatic rings. The molecule has 9 heteroatoms. The van der Waals surface area contributed by atoms with Gasteiger partial charge in [-0.2, -0.15) is 13.2 Å². The van der Waals surface area contributed by atoms with E-state index in [9.17, 15) is 27.2 Å². The largest absolute Gasteiger partial charge is 0.416 e. The SMILES string of the molecule is O=C(c1cccc(C(F)(F)F)c1)N1CCC2(CC1)SCCN2C(=O)c1ccccc1F. The zero-order chi connectivity index (χ0) is 22.2. The molecule has 0 aliphatic carbocycles. The fourth-order valence-electron chi connectivity index (χ4n) is 4.16. The number of piperidine rings is 1. The summed E-state index contributed by atoms with van der Waals surface area (Å²) in [4.78, 5) is 28.4. The molecule has 2 aromatic carbocycles. The molecule has 4 nitrogen and oxygen atoms in total. The fraction of sp³-hybridized carbons (Fsp3) is 0.364. The molecule has 31 heavy (non-hydrogen) atoms. The van der Waals surface area contributed by atoms with Gasteiger partial charge in [-0.25, -0.2) is 4.39 Å². The number of thioether (sulfide) groups is 1. The number of nitrogens with zero attached hydrogens (tertiary/aromatic N) is 2. The van der Waals surface area contributed by atoms with Crippen molar-refractivity contribution in [2.75, 3.05) is 25.4 Å². The molecule has 0 N–H and O–H groups in total. The van der Waals surface area contributed by atoms with Crippen LogP contribution in [0.25, 0.3) is 0 Å². The first-order valence-corrected chi connectivity index (χ1v) is 10.9. The van der Waals surface area contributed by atoms with Crippen LogP contribution in [0.5, 0.6) is 0 Å². The van der Waals surface area contributed by atoms with E-state index in [0.29, 0.717) is 38.2 Å². The first-order chi connectivity index (χ1) is 14.7. The Morgan fingerprint density at radius 1 is 0.935 bits per heavy atom. The van der Waals surface area contributed by atoms with Crippen LogP contribution in [0.3, 0.4) is 0 Å². The Morgan fingerprint density at radius 3 is 2.32 bits per heavy atom. The summed E-state index contributed by atoms with van der Waals surface area (Å²) in [6.45, 7) is 1.10. The van der Waals surface area contributed by atoms with Gasteiger partial charge in [-0.15, -0.1) is 11.8 Å². The van der Waals surface area contributed by atoms with Gasteiger partial charge in [0.15, 0.2) is 0 Å². The fourth-order valence-corrected chi connectivity index (χ4v) is 5.61. The number of rotatable bonds is 2. The van der Waals surface area contributed by atoms with Crippen molar-refractivity contribution in [2.24, 2.45) is 0 Å². The molecule has 2 amide bonds. The van der Waals surface area contributed by atoms with Gasteiger partial charge in [-0.1, -0.05) is 18.2 Å². The Bertz CT molecular complexity index is 1000. The third kappa shape index (κ3) is 4.15. The minimum atomic E-state index is -4.52. The maximum Gasteiger partial charge on any atom is 0.416 e. The Balaban J connectivity index is 1.48. The minimum absolute atomic E-state index is 0.0101. The normalized spacial score (nSPS) is 18.5. The van der Waals surface area contributed by atoms with Gasteiger partial charge in [0.05, 0.1) is 16.0 Å². The Morgan fingerprint density at radius 2 is 1.65 bits per heavy atom. The lowest BCUT2D eigenvalue weighted by atomic mass is 9.99. The third-order valence-electron chi connectivity index (χ3n) is 5.80. The Hall–Kier alpha value is -2.55. The zero-order valence-electron chi connectivity index (χ0n) is 16.5. The van der Waals surface area contributed by atoms with E-state index in [1.165, 1.54) is 35.2 Å². The minimum Gasteiger partial charge on any atom is -0.338 e. The van der Waals surface area contributed by atoms with Crippen molar-refractivity contribution in [1.82, 2.24) is 9.80 Å². The number of hydrogen-bond acceptors (Lipinski definition) is 3. The second-order valence-electron chi connectivity index (χ2n) is 7.60. The average molecular weight is 452 g/mol. The molecule has 1 spiro atoms. The van der Waals surface area contributed by atoms with Gasteiger partial charge >= 0.3 is 6.18 Å². The molecule has 164 valence electrons. The maximum atomic E-state index is 14.1. The summed E-state index contributed by atoms with van der Waals surface area (Å²) in [5.41, 5.74) is -0.851. The standard InChI is InChI=1S/C22H20F4N2O2S/c23-18-7-2-1-6-17(18)20(30)28-12-13-31-21(28)8-10-27(11-9-21)19(29)15-4-3-5-16(14-15)22(24,25)26/h1-7,14H,8-13H2. The van der Waals surface area contributed by atoms with Crippen LogP contribution >= 0.6 is 11.8 Å². The number of halogens is 4. The highest BCUT2D eigenvalue weighted by Gasteiger charge is 2.47. The summed E-state index contributed by atoms with van der Waals surface area (Å²) in [6, 6.07) is 10.2. The van der Waals surface area contributed by atoms with Gasteiger partial charge in [0, 0.05) is 31.0 Å². The number of carbonyl (C=O) groups excluding carboxylic acids is 2. The summed E-state index contributed by atoms with van der Waals surface area (Å²) in [6.07, 6.45) is -3.57. The predicted molar refractivity (Wildman–Crippen MR) is 109 cm³/mol. The molecule has 0 unspecified atom stereocenters. The average Bonchev–Trinajstić information content (AvgIpc) is 3.16. The van der Waals surface area contributed by atoms with Crippen molar-refractivity contribution >= 4 is 23.6 Å². The van der Waals surface area contributed by atoms with Crippen molar-refractivity contribution < 1.29 is 27.2 Å². The zero-order valence-corrected chi connectivity index (χ0v) is 17.3. The summed E-state index contributed by atoms with van der Waals surface area (Å²) in [5.74, 6) is -0.699. The molecular weight excluding hydrogens is 432 g/mol. The van der Waals surface area contributed by atoms with Gasteiger partial charge in [-0.3, -0.25) is 9.59 Å². The van der Waals surface area contributed by atoms with Crippen molar-refractivity contribution in [2.45, 2.75) is 23.9 Å². The number of amides is 2. The molecule has 2 aliphatic heterocycles. The molecule has 4 rings (SSSR count). The molecule has 0 bridgehead atoms. The highest BCUT2D eigenvalue weighted by molar-refractivity contribution is 8.00. The molecule has 2 fully saturated rings. The van der Waals surface area contributed by atoms with Gasteiger partial charge in [0.2, 0.25) is 0 Å². The molecule has 0 aromatic heterocycles. The van der Waals surface area contributed by atoms with Gasteiger partial charge in [-0.05, 0) is 43.2 Å². The van der Waals surface area contributed by atoms with Gasteiger partial charge in [0.25, 0.3) is 11.8 Å². The molecule has 0 radical (unpaired) electrons. The van der Waals surface area contributed by atoms with Gasteiger partial charge in [0.1, 0.15) is 5.82 Å². The highest BCUT2D eigenvalue weighted by Crippen LogP contribution is 2.45. The first kappa shape index (κ1) is 21.7. The second kappa shape index (κ2) is 8.18. The molecule has 0 saturated carbocycles. The lowest BCUT2D eigenvalue weighted by molar-refractivity contribution is -0.137. The molecule has 0 atom stereocenters. The number of hydrogen-bond donors (Lipinski definition) is 0. The summed E-state index contributed by atoms with van der Waals surface area (Å²) in [5, 5.41) is 0. The van der Waals surface area contributed by atoms with E-state index in [1.54, 1.807) is 22.7 Å². The predicted octanol–water partition coefficient (Wildman–Crippen LogP) is 4.67. The maximum absolute atomic E-state index is 14.1. The lowest BCUT2D eigenvalue weighted by Crippen LogP contribution is -2.53. The molecular formula is C22H20F4N2O2S. The van der Waals surface area contributed by atoms with E-state index < -0.39 is 28.3 Å². The second-order valence-corrected chi connectivity index (χ2v) is 9.06. The van der Waals surface area contributed by atoms with E-state index in [1.807, 2.05) is 0 Å². The van der Waals surface area contributed by atoms with Crippen LogP contribution in [-0.4, -0.2) is 51.9 Å². The molecule has 2 saturated heterocycles. The van der Waals surface area contributed by atoms with Crippen LogP contribution in [0.1, 0.15) is 39.1 Å². The Kier molecular flexibility index (Phi) is 5.72. The number of benzene rings is 2. The number of carbonyl (C=O) groups is 2. The topological polar surface area (TPSA) is 40.6 Å². The van der Waals surface area contributed by atoms with Crippen LogP contribution in [0.15, 0.2) is 48.5 Å². The third-order valence-corrected chi connectivity index (χ3v) is 7.35. The Labute approximate surface area is 181 Å². The summed E-state index contributed by atoms with van der Waals surface area (Å²) < 4.78 is 53.0. The van der Waals surface area contributed by atoms with Crippen LogP contribution in [0.4, 0.5) is 17.6 Å². The number of alkyl halides is 3. The van der Waals surface area contributed by atoms with Crippen LogP contribution in [0, 0.1) is 5.82 Å². The molecule has 2 heterocycles. The van der Waals surface area contributed by atoms with Crippen molar-refractivity contribution in [1.29, 1.82) is 0 Å². The van der Waals surface area contributed by atoms with E-state index >= 15 is 0 Å². The van der Waals surface area contributed by atoms with E-state index in [2.05, 4.69) is 0 Å². The smallest absolute Gasteiger partial charge is 0.338 e. The highest BCUT2D eigenvalue weighted by atomic mass is 32.2. The molecule has 2 aliphatic rings. The lowest BCUT2D eigenvalue weighted by Gasteiger charge is -2.44. The number of likely N-dealkylation sites (tertiary alicyclic amines) is 1. The van der Waals surface area contributed by atoms with Crippen LogP contribution < -0.4 is 0 Å². The van der Waals surface area contributed by atoms with E-state index in [-0.39, 0.29) is 17.0 Å². The van der Waals surface area contributed by atoms with Crippen LogP contribution in [-0.2, 0) is 6.18 Å². The van der Waals surface area contributed by atoms with E-state index in [4.69, 9.17) is 0 Å². The monoisotopic (exact) mass is 452 g/mol. The van der Waals surface area contributed by atoms with Crippen LogP contribution in [0.2, 0.25) is 0 Å². The summed E-state index contributed by atoms with van der Waals surface area (Å²) in [7, 11) is 0. The first-order valence-electron chi connectivity index (χ1n) is 9.88.